The second-order valence-corrected chi connectivity index (χ2v) is 5.03. The first kappa shape index (κ1) is 13.9. The van der Waals surface area contributed by atoms with Gasteiger partial charge in [-0.3, -0.25) is 4.79 Å². The van der Waals surface area contributed by atoms with Gasteiger partial charge in [0.15, 0.2) is 0 Å². The van der Waals surface area contributed by atoms with Gasteiger partial charge in [0.05, 0.1) is 12.5 Å². The molecule has 0 aliphatic heterocycles. The van der Waals surface area contributed by atoms with Crippen molar-refractivity contribution < 1.29 is 9.53 Å². The zero-order chi connectivity index (χ0) is 13.5. The first-order valence-corrected chi connectivity index (χ1v) is 7.23. The zero-order valence-electron chi connectivity index (χ0n) is 11.6. The predicted octanol–water partition coefficient (Wildman–Crippen LogP) is 4.21. The summed E-state index contributed by atoms with van der Waals surface area (Å²) in [5.41, 5.74) is 2.41. The van der Waals surface area contributed by atoms with E-state index in [2.05, 4.69) is 18.2 Å². The summed E-state index contributed by atoms with van der Waals surface area (Å²) < 4.78 is 5.23. The molecule has 19 heavy (non-hydrogen) atoms. The lowest BCUT2D eigenvalue weighted by molar-refractivity contribution is -0.146. The van der Waals surface area contributed by atoms with Crippen molar-refractivity contribution in [3.8, 4) is 0 Å². The van der Waals surface area contributed by atoms with Gasteiger partial charge in [0.1, 0.15) is 0 Å². The molecule has 102 valence electrons. The van der Waals surface area contributed by atoms with Crippen LogP contribution >= 0.6 is 0 Å². The number of esters is 1. The molecule has 1 aromatic rings. The largest absolute Gasteiger partial charge is 0.466 e. The van der Waals surface area contributed by atoms with Gasteiger partial charge in [0.25, 0.3) is 0 Å². The smallest absolute Gasteiger partial charge is 0.313 e. The fourth-order valence-corrected chi connectivity index (χ4v) is 2.66. The number of rotatable bonds is 3. The fraction of sp³-hybridized carbons (Fsp3) is 0.471. The molecule has 0 saturated heterocycles. The molecule has 0 bridgehead atoms. The molecule has 1 aliphatic rings. The summed E-state index contributed by atoms with van der Waals surface area (Å²) in [5.74, 6) is -0.0887. The standard InChI is InChI=1S/C17H22O2/c1-2-19-17(18)16-12-8-4-7-11-15(16)13-14-9-5-3-6-10-14/h3,5-6,9-10,13,16H,2,4,7-8,11-12H2,1H3/b15-13+/t16-/m1/s1. The highest BCUT2D eigenvalue weighted by molar-refractivity contribution is 5.78. The van der Waals surface area contributed by atoms with E-state index in [0.29, 0.717) is 6.61 Å². The van der Waals surface area contributed by atoms with E-state index in [-0.39, 0.29) is 11.9 Å². The van der Waals surface area contributed by atoms with Gasteiger partial charge in [-0.05, 0) is 31.7 Å². The SMILES string of the molecule is CCOC(=O)[C@@H]1CCCCC/C1=C\c1ccccc1. The highest BCUT2D eigenvalue weighted by Crippen LogP contribution is 2.30. The number of ether oxygens (including phenoxy) is 1. The third-order valence-electron chi connectivity index (χ3n) is 3.63. The average Bonchev–Trinajstić information content (AvgIpc) is 2.66. The lowest BCUT2D eigenvalue weighted by Crippen LogP contribution is -2.19. The highest BCUT2D eigenvalue weighted by atomic mass is 16.5. The average molecular weight is 258 g/mol. The van der Waals surface area contributed by atoms with E-state index in [1.165, 1.54) is 24.0 Å². The molecule has 2 heteroatoms. The predicted molar refractivity (Wildman–Crippen MR) is 77.6 cm³/mol. The van der Waals surface area contributed by atoms with E-state index in [9.17, 15) is 4.79 Å². The van der Waals surface area contributed by atoms with Crippen molar-refractivity contribution in [2.75, 3.05) is 6.61 Å². The molecule has 1 fully saturated rings. The maximum absolute atomic E-state index is 12.1. The minimum Gasteiger partial charge on any atom is -0.466 e. The van der Waals surface area contributed by atoms with Gasteiger partial charge in [0.2, 0.25) is 0 Å². The molecule has 0 spiro atoms. The Balaban J connectivity index is 2.22. The van der Waals surface area contributed by atoms with Crippen LogP contribution in [0.2, 0.25) is 0 Å². The molecular formula is C17H22O2. The molecule has 0 heterocycles. The van der Waals surface area contributed by atoms with Gasteiger partial charge in [-0.25, -0.2) is 0 Å². The van der Waals surface area contributed by atoms with E-state index in [4.69, 9.17) is 4.74 Å². The minimum absolute atomic E-state index is 0.0392. The van der Waals surface area contributed by atoms with Crippen LogP contribution in [0.1, 0.15) is 44.6 Å². The van der Waals surface area contributed by atoms with Gasteiger partial charge in [-0.2, -0.15) is 0 Å². The molecule has 1 atom stereocenters. The van der Waals surface area contributed by atoms with Crippen molar-refractivity contribution in [2.45, 2.75) is 39.0 Å². The van der Waals surface area contributed by atoms with E-state index >= 15 is 0 Å². The van der Waals surface area contributed by atoms with Crippen LogP contribution in [0.5, 0.6) is 0 Å². The van der Waals surface area contributed by atoms with Crippen molar-refractivity contribution in [1.29, 1.82) is 0 Å². The number of carbonyl (C=O) groups excluding carboxylic acids is 1. The van der Waals surface area contributed by atoms with Crippen molar-refractivity contribution in [2.24, 2.45) is 5.92 Å². The van der Waals surface area contributed by atoms with E-state index < -0.39 is 0 Å². The van der Waals surface area contributed by atoms with Crippen LogP contribution in [0.4, 0.5) is 0 Å². The lowest BCUT2D eigenvalue weighted by Gasteiger charge is -2.16. The molecule has 0 aromatic heterocycles. The van der Waals surface area contributed by atoms with Gasteiger partial charge in [0, 0.05) is 0 Å². The minimum atomic E-state index is -0.0495. The Labute approximate surface area is 115 Å². The van der Waals surface area contributed by atoms with Crippen LogP contribution in [0.25, 0.3) is 6.08 Å². The first-order chi connectivity index (χ1) is 9.31. The number of hydrogen-bond donors (Lipinski definition) is 0. The maximum Gasteiger partial charge on any atom is 0.313 e. The topological polar surface area (TPSA) is 26.3 Å². The van der Waals surface area contributed by atoms with Crippen LogP contribution in [-0.4, -0.2) is 12.6 Å². The molecule has 2 nitrogen and oxygen atoms in total. The van der Waals surface area contributed by atoms with Gasteiger partial charge in [-0.15, -0.1) is 0 Å². The number of carbonyl (C=O) groups is 1. The summed E-state index contributed by atoms with van der Waals surface area (Å²) in [6.07, 6.45) is 7.62. The quantitative estimate of drug-likeness (QED) is 0.599. The molecule has 0 amide bonds. The second kappa shape index (κ2) is 7.13. The summed E-state index contributed by atoms with van der Waals surface area (Å²) in [7, 11) is 0. The van der Waals surface area contributed by atoms with E-state index in [1.54, 1.807) is 0 Å². The first-order valence-electron chi connectivity index (χ1n) is 7.23. The van der Waals surface area contributed by atoms with E-state index in [1.807, 2.05) is 25.1 Å². The third-order valence-corrected chi connectivity index (χ3v) is 3.63. The van der Waals surface area contributed by atoms with Crippen LogP contribution in [0.3, 0.4) is 0 Å². The lowest BCUT2D eigenvalue weighted by atomic mass is 9.92. The maximum atomic E-state index is 12.1. The Morgan fingerprint density at radius 1 is 1.26 bits per heavy atom. The highest BCUT2D eigenvalue weighted by Gasteiger charge is 2.25. The molecule has 1 saturated carbocycles. The summed E-state index contributed by atoms with van der Waals surface area (Å²) in [5, 5.41) is 0. The number of benzene rings is 1. The molecule has 2 rings (SSSR count). The van der Waals surface area contributed by atoms with Crippen molar-refractivity contribution in [1.82, 2.24) is 0 Å². The zero-order valence-corrected chi connectivity index (χ0v) is 11.6. The summed E-state index contributed by atoms with van der Waals surface area (Å²) in [6.45, 7) is 2.34. The third kappa shape index (κ3) is 3.95. The second-order valence-electron chi connectivity index (χ2n) is 5.03. The van der Waals surface area contributed by atoms with Gasteiger partial charge in [-0.1, -0.05) is 54.8 Å². The van der Waals surface area contributed by atoms with Crippen molar-refractivity contribution in [3.63, 3.8) is 0 Å². The molecule has 0 radical (unpaired) electrons. The van der Waals surface area contributed by atoms with E-state index in [0.717, 1.165) is 19.3 Å². The van der Waals surface area contributed by atoms with Crippen molar-refractivity contribution in [3.05, 3.63) is 41.5 Å². The Bertz CT molecular complexity index is 434. The van der Waals surface area contributed by atoms with Crippen LogP contribution < -0.4 is 0 Å². The Morgan fingerprint density at radius 3 is 2.79 bits per heavy atom. The van der Waals surface area contributed by atoms with Gasteiger partial charge < -0.3 is 4.74 Å². The molecule has 1 aliphatic carbocycles. The number of hydrogen-bond acceptors (Lipinski definition) is 2. The van der Waals surface area contributed by atoms with Crippen molar-refractivity contribution >= 4 is 12.0 Å². The van der Waals surface area contributed by atoms with Crippen LogP contribution in [0, 0.1) is 5.92 Å². The van der Waals surface area contributed by atoms with Gasteiger partial charge >= 0.3 is 5.97 Å². The molecule has 1 aromatic carbocycles. The van der Waals surface area contributed by atoms with Crippen LogP contribution in [0.15, 0.2) is 35.9 Å². The van der Waals surface area contributed by atoms with Crippen LogP contribution in [-0.2, 0) is 9.53 Å². The normalized spacial score (nSPS) is 21.9. The molecule has 0 N–H and O–H groups in total. The Kier molecular flexibility index (Phi) is 5.20. The summed E-state index contributed by atoms with van der Waals surface area (Å²) in [6, 6.07) is 10.2. The Hall–Kier alpha value is -1.57. The summed E-state index contributed by atoms with van der Waals surface area (Å²) >= 11 is 0. The fourth-order valence-electron chi connectivity index (χ4n) is 2.66. The molecular weight excluding hydrogens is 236 g/mol. The summed E-state index contributed by atoms with van der Waals surface area (Å²) in [4.78, 5) is 12.1. The Morgan fingerprint density at radius 2 is 2.05 bits per heavy atom. The molecule has 0 unspecified atom stereocenters. The monoisotopic (exact) mass is 258 g/mol.